The fourth-order valence-electron chi connectivity index (χ4n) is 2.41. The number of benzene rings is 1. The number of nitrogens with one attached hydrogen (secondary N) is 1. The molecule has 0 spiro atoms. The van der Waals surface area contributed by atoms with Gasteiger partial charge in [0.25, 0.3) is 0 Å². The first-order valence-corrected chi connectivity index (χ1v) is 7.22. The lowest BCUT2D eigenvalue weighted by Gasteiger charge is -2.32. The Balaban J connectivity index is 1.87. The average Bonchev–Trinajstić information content (AvgIpc) is 2.34. The summed E-state index contributed by atoms with van der Waals surface area (Å²) in [7, 11) is 0. The van der Waals surface area contributed by atoms with Crippen LogP contribution < -0.4 is 10.1 Å². The maximum atomic E-state index is 12.0. The molecule has 1 saturated carbocycles. The van der Waals surface area contributed by atoms with Gasteiger partial charge in [-0.1, -0.05) is 18.2 Å². The van der Waals surface area contributed by atoms with Crippen LogP contribution in [0.2, 0.25) is 0 Å². The first-order valence-electron chi connectivity index (χ1n) is 7.22. The molecule has 1 amide bonds. The number of ether oxygens (including phenoxy) is 1. The second kappa shape index (κ2) is 6.61. The average molecular weight is 291 g/mol. The Kier molecular flexibility index (Phi) is 4.83. The Morgan fingerprint density at radius 1 is 1.33 bits per heavy atom. The van der Waals surface area contributed by atoms with Crippen molar-refractivity contribution in [3.05, 3.63) is 29.8 Å². The summed E-state index contributed by atoms with van der Waals surface area (Å²) in [6.45, 7) is 3.88. The van der Waals surface area contributed by atoms with E-state index < -0.39 is 5.97 Å². The molecule has 21 heavy (non-hydrogen) atoms. The van der Waals surface area contributed by atoms with Crippen molar-refractivity contribution >= 4 is 11.9 Å². The number of rotatable bonds is 6. The van der Waals surface area contributed by atoms with Gasteiger partial charge in [0.1, 0.15) is 5.75 Å². The van der Waals surface area contributed by atoms with Crippen LogP contribution in [0.5, 0.6) is 5.75 Å². The molecule has 0 radical (unpaired) electrons. The second-order valence-corrected chi connectivity index (χ2v) is 5.72. The molecule has 0 saturated heterocycles. The first kappa shape index (κ1) is 15.4. The molecule has 1 aliphatic rings. The summed E-state index contributed by atoms with van der Waals surface area (Å²) < 4.78 is 5.68. The Morgan fingerprint density at radius 3 is 2.62 bits per heavy atom. The van der Waals surface area contributed by atoms with Crippen LogP contribution in [0.25, 0.3) is 0 Å². The maximum Gasteiger partial charge on any atom is 0.306 e. The molecule has 5 nitrogen and oxygen atoms in total. The van der Waals surface area contributed by atoms with Crippen LogP contribution in [-0.2, 0) is 16.0 Å². The minimum absolute atomic E-state index is 0.0169. The van der Waals surface area contributed by atoms with E-state index in [1.165, 1.54) is 0 Å². The summed E-state index contributed by atoms with van der Waals surface area (Å²) in [6.07, 6.45) is 1.34. The third-order valence-corrected chi connectivity index (χ3v) is 3.54. The fourth-order valence-corrected chi connectivity index (χ4v) is 2.41. The monoisotopic (exact) mass is 291 g/mol. The molecule has 1 aliphatic carbocycles. The summed E-state index contributed by atoms with van der Waals surface area (Å²) in [5.41, 5.74) is 0.845. The van der Waals surface area contributed by atoms with Crippen molar-refractivity contribution < 1.29 is 19.4 Å². The normalized spacial score (nSPS) is 20.7. The van der Waals surface area contributed by atoms with Gasteiger partial charge in [-0.05, 0) is 32.8 Å². The molecule has 2 N–H and O–H groups in total. The molecule has 1 aromatic carbocycles. The zero-order valence-corrected chi connectivity index (χ0v) is 12.3. The van der Waals surface area contributed by atoms with Crippen molar-refractivity contribution in [3.63, 3.8) is 0 Å². The van der Waals surface area contributed by atoms with Gasteiger partial charge in [0.15, 0.2) is 0 Å². The van der Waals surface area contributed by atoms with E-state index in [-0.39, 0.29) is 30.4 Å². The maximum absolute atomic E-state index is 12.0. The zero-order valence-electron chi connectivity index (χ0n) is 12.3. The van der Waals surface area contributed by atoms with Crippen LogP contribution >= 0.6 is 0 Å². The Labute approximate surface area is 124 Å². The molecule has 5 heteroatoms. The third kappa shape index (κ3) is 4.21. The molecule has 0 unspecified atom stereocenters. The molecule has 1 aromatic rings. The molecule has 1 fully saturated rings. The van der Waals surface area contributed by atoms with E-state index in [0.717, 1.165) is 11.3 Å². The quantitative estimate of drug-likeness (QED) is 0.840. The van der Waals surface area contributed by atoms with Crippen LogP contribution in [0.15, 0.2) is 24.3 Å². The van der Waals surface area contributed by atoms with Crippen LogP contribution in [0, 0.1) is 5.92 Å². The lowest BCUT2D eigenvalue weighted by Crippen LogP contribution is -2.47. The third-order valence-electron chi connectivity index (χ3n) is 3.54. The van der Waals surface area contributed by atoms with E-state index in [0.29, 0.717) is 12.8 Å². The van der Waals surface area contributed by atoms with Crippen LogP contribution in [0.1, 0.15) is 32.3 Å². The minimum atomic E-state index is -0.781. The van der Waals surface area contributed by atoms with Gasteiger partial charge in [-0.2, -0.15) is 0 Å². The standard InChI is InChI=1S/C16H21NO4/c1-10(2)21-14-6-4-3-5-11(14)9-15(18)17-13-7-12(8-13)16(19)20/h3-6,10,12-13H,7-9H2,1-2H3,(H,17,18)(H,19,20). The topological polar surface area (TPSA) is 75.6 Å². The van der Waals surface area contributed by atoms with E-state index in [4.69, 9.17) is 9.84 Å². The van der Waals surface area contributed by atoms with Crippen molar-refractivity contribution in [1.82, 2.24) is 5.32 Å². The number of para-hydroxylation sites is 1. The molecular formula is C16H21NO4. The molecule has 114 valence electrons. The lowest BCUT2D eigenvalue weighted by atomic mass is 9.80. The first-order chi connectivity index (χ1) is 9.95. The van der Waals surface area contributed by atoms with Gasteiger partial charge in [0.05, 0.1) is 18.4 Å². The van der Waals surface area contributed by atoms with E-state index in [2.05, 4.69) is 5.32 Å². The zero-order chi connectivity index (χ0) is 15.4. The second-order valence-electron chi connectivity index (χ2n) is 5.72. The highest BCUT2D eigenvalue weighted by molar-refractivity contribution is 5.80. The van der Waals surface area contributed by atoms with Gasteiger partial charge < -0.3 is 15.2 Å². The number of amides is 1. The van der Waals surface area contributed by atoms with E-state index in [1.54, 1.807) is 0 Å². The number of carbonyl (C=O) groups is 2. The fraction of sp³-hybridized carbons (Fsp3) is 0.500. The lowest BCUT2D eigenvalue weighted by molar-refractivity contribution is -0.146. The number of carbonyl (C=O) groups excluding carboxylic acids is 1. The number of hydrogen-bond donors (Lipinski definition) is 2. The number of carboxylic acids is 1. The molecule has 0 bridgehead atoms. The van der Waals surface area contributed by atoms with Crippen LogP contribution in [0.3, 0.4) is 0 Å². The number of carboxylic acid groups (broad SMARTS) is 1. The summed E-state index contributed by atoms with van der Waals surface area (Å²) in [5, 5.41) is 11.7. The molecule has 2 rings (SSSR count). The predicted octanol–water partition coefficient (Wildman–Crippen LogP) is 2.00. The van der Waals surface area contributed by atoms with Crippen molar-refractivity contribution in [1.29, 1.82) is 0 Å². The van der Waals surface area contributed by atoms with E-state index in [9.17, 15) is 9.59 Å². The van der Waals surface area contributed by atoms with Crippen molar-refractivity contribution in [2.45, 2.75) is 45.3 Å². The van der Waals surface area contributed by atoms with Crippen LogP contribution in [0.4, 0.5) is 0 Å². The van der Waals surface area contributed by atoms with Crippen LogP contribution in [-0.4, -0.2) is 29.1 Å². The smallest absolute Gasteiger partial charge is 0.306 e. The van der Waals surface area contributed by atoms with Gasteiger partial charge in [0.2, 0.25) is 5.91 Å². The predicted molar refractivity (Wildman–Crippen MR) is 78.2 cm³/mol. The molecule has 0 aliphatic heterocycles. The highest BCUT2D eigenvalue weighted by Crippen LogP contribution is 2.27. The summed E-state index contributed by atoms with van der Waals surface area (Å²) in [6, 6.07) is 7.46. The van der Waals surface area contributed by atoms with Crippen molar-refractivity contribution in [3.8, 4) is 5.75 Å². The highest BCUT2D eigenvalue weighted by atomic mass is 16.5. The largest absolute Gasteiger partial charge is 0.491 e. The van der Waals surface area contributed by atoms with Gasteiger partial charge in [-0.3, -0.25) is 9.59 Å². The van der Waals surface area contributed by atoms with Gasteiger partial charge >= 0.3 is 5.97 Å². The molecular weight excluding hydrogens is 270 g/mol. The summed E-state index contributed by atoms with van der Waals surface area (Å²) in [4.78, 5) is 22.7. The Hall–Kier alpha value is -2.04. The Bertz CT molecular complexity index is 521. The highest BCUT2D eigenvalue weighted by Gasteiger charge is 2.35. The van der Waals surface area contributed by atoms with Gasteiger partial charge in [-0.15, -0.1) is 0 Å². The van der Waals surface area contributed by atoms with E-state index in [1.807, 2.05) is 38.1 Å². The summed E-state index contributed by atoms with van der Waals surface area (Å²) >= 11 is 0. The van der Waals surface area contributed by atoms with Crippen molar-refractivity contribution in [2.24, 2.45) is 5.92 Å². The number of hydrogen-bond acceptors (Lipinski definition) is 3. The van der Waals surface area contributed by atoms with E-state index >= 15 is 0 Å². The SMILES string of the molecule is CC(C)Oc1ccccc1CC(=O)NC1CC(C(=O)O)C1. The molecule has 0 atom stereocenters. The molecule has 0 aromatic heterocycles. The number of aliphatic carboxylic acids is 1. The van der Waals surface area contributed by atoms with Gasteiger partial charge in [-0.25, -0.2) is 0 Å². The van der Waals surface area contributed by atoms with Gasteiger partial charge in [0, 0.05) is 11.6 Å². The van der Waals surface area contributed by atoms with Crippen molar-refractivity contribution in [2.75, 3.05) is 0 Å². The molecule has 0 heterocycles. The summed E-state index contributed by atoms with van der Waals surface area (Å²) in [5.74, 6) is -0.466. The minimum Gasteiger partial charge on any atom is -0.491 e. The Morgan fingerprint density at radius 2 is 2.00 bits per heavy atom.